The predicted octanol–water partition coefficient (Wildman–Crippen LogP) is 3.35. The first-order valence-corrected chi connectivity index (χ1v) is 18.9. The number of anilines is 2. The summed E-state index contributed by atoms with van der Waals surface area (Å²) in [6, 6.07) is 15.1. The van der Waals surface area contributed by atoms with Crippen LogP contribution in [-0.2, 0) is 23.9 Å². The Morgan fingerprint density at radius 3 is 2.20 bits per heavy atom. The summed E-state index contributed by atoms with van der Waals surface area (Å²) in [5.41, 5.74) is 1.52. The van der Waals surface area contributed by atoms with Crippen molar-refractivity contribution in [3.8, 4) is 11.5 Å². The van der Waals surface area contributed by atoms with Gasteiger partial charge in [0, 0.05) is 6.92 Å². The molecule has 3 aromatic carbocycles. The summed E-state index contributed by atoms with van der Waals surface area (Å²) in [6.45, 7) is 0.515. The van der Waals surface area contributed by atoms with Crippen molar-refractivity contribution in [3.63, 3.8) is 0 Å². The number of carboxylic acids is 1. The lowest BCUT2D eigenvalue weighted by Crippen LogP contribution is -2.66. The number of carboxylic acid groups (broad SMARTS) is 1. The molecule has 0 radical (unpaired) electrons. The zero-order chi connectivity index (χ0) is 39.6. The van der Waals surface area contributed by atoms with Crippen molar-refractivity contribution in [2.45, 2.75) is 37.6 Å². The molecule has 3 amide bonds. The lowest BCUT2D eigenvalue weighted by molar-refractivity contribution is -0.244. The Hall–Kier alpha value is -4.89. The van der Waals surface area contributed by atoms with Crippen LogP contribution in [0.15, 0.2) is 71.6 Å². The minimum atomic E-state index is -1.60. The number of aliphatic hydroxyl groups excluding tert-OH is 2. The average molecular weight is 826 g/mol. The largest absolute Gasteiger partial charge is 0.493 e. The molecule has 55 heavy (non-hydrogen) atoms. The molecular formula is C36H31N3O12S4. The summed E-state index contributed by atoms with van der Waals surface area (Å²) in [5.74, 6) is -2.67. The SMILES string of the molecule is COc1cc(C=C2SC(=S)N(c3ccc(C(=O)O)cc3)C2=O)ccc1O[C@@H]1O[C@H](CO)[C@@H](O)[C@H](OC(=O)c2ccc(N3C(=O)CSC3=S)cc2)[C@H]1NC(C)=O. The number of nitrogens with one attached hydrogen (secondary N) is 1. The highest BCUT2D eigenvalue weighted by Gasteiger charge is 2.49. The highest BCUT2D eigenvalue weighted by Crippen LogP contribution is 2.38. The lowest BCUT2D eigenvalue weighted by atomic mass is 9.96. The van der Waals surface area contributed by atoms with E-state index in [9.17, 15) is 39.3 Å². The van der Waals surface area contributed by atoms with Gasteiger partial charge in [0.1, 0.15) is 22.6 Å². The molecule has 0 bridgehead atoms. The van der Waals surface area contributed by atoms with Crippen molar-refractivity contribution in [1.29, 1.82) is 0 Å². The van der Waals surface area contributed by atoms with Crippen LogP contribution in [0, 0.1) is 0 Å². The molecule has 0 spiro atoms. The fourth-order valence-electron chi connectivity index (χ4n) is 5.83. The normalized spacial score (nSPS) is 23.3. The molecule has 3 fully saturated rings. The van der Waals surface area contributed by atoms with Crippen LogP contribution < -0.4 is 24.6 Å². The molecular weight excluding hydrogens is 795 g/mol. The van der Waals surface area contributed by atoms with Gasteiger partial charge in [-0.3, -0.25) is 24.2 Å². The van der Waals surface area contributed by atoms with Crippen molar-refractivity contribution in [3.05, 3.63) is 88.3 Å². The summed E-state index contributed by atoms with van der Waals surface area (Å²) in [6.07, 6.45) is -4.20. The Bertz CT molecular complexity index is 2080. The van der Waals surface area contributed by atoms with Crippen molar-refractivity contribution in [2.24, 2.45) is 0 Å². The van der Waals surface area contributed by atoms with Crippen LogP contribution >= 0.6 is 48.0 Å². The third-order valence-electron chi connectivity index (χ3n) is 8.47. The number of hydrogen-bond donors (Lipinski definition) is 4. The van der Waals surface area contributed by atoms with Crippen molar-refractivity contribution in [2.75, 3.05) is 29.3 Å². The Labute approximate surface area is 332 Å². The Balaban J connectivity index is 1.21. The Kier molecular flexibility index (Phi) is 12.2. The van der Waals surface area contributed by atoms with Gasteiger partial charge in [-0.1, -0.05) is 54.0 Å². The van der Waals surface area contributed by atoms with Crippen molar-refractivity contribution in [1.82, 2.24) is 5.32 Å². The third-order valence-corrected chi connectivity index (χ3v) is 11.1. The number of benzene rings is 3. The number of carbonyl (C=O) groups is 5. The van der Waals surface area contributed by atoms with Crippen molar-refractivity contribution < 1.29 is 58.2 Å². The van der Waals surface area contributed by atoms with E-state index in [1.807, 2.05) is 0 Å². The monoisotopic (exact) mass is 825 g/mol. The highest BCUT2D eigenvalue weighted by molar-refractivity contribution is 8.27. The topological polar surface area (TPSA) is 201 Å². The molecule has 3 aromatic rings. The molecule has 4 N–H and O–H groups in total. The van der Waals surface area contributed by atoms with Gasteiger partial charge in [-0.15, -0.1) is 0 Å². The third kappa shape index (κ3) is 8.52. The first-order chi connectivity index (χ1) is 26.3. The van der Waals surface area contributed by atoms with Gasteiger partial charge in [-0.05, 0) is 72.3 Å². The van der Waals surface area contributed by atoms with Crippen LogP contribution in [0.25, 0.3) is 6.08 Å². The first kappa shape index (κ1) is 39.8. The summed E-state index contributed by atoms with van der Waals surface area (Å²) in [7, 11) is 1.38. The van der Waals surface area contributed by atoms with E-state index >= 15 is 0 Å². The van der Waals surface area contributed by atoms with Gasteiger partial charge in [0.2, 0.25) is 18.1 Å². The van der Waals surface area contributed by atoms with E-state index < -0.39 is 61.0 Å². The number of amides is 3. The van der Waals surface area contributed by atoms with Crippen molar-refractivity contribution >= 4 is 104 Å². The van der Waals surface area contributed by atoms with Crippen LogP contribution in [-0.4, -0.2) is 104 Å². The molecule has 0 aliphatic carbocycles. The molecule has 6 rings (SSSR count). The van der Waals surface area contributed by atoms with Gasteiger partial charge in [-0.2, -0.15) is 0 Å². The number of thioether (sulfide) groups is 2. The molecule has 15 nitrogen and oxygen atoms in total. The molecule has 19 heteroatoms. The van der Waals surface area contributed by atoms with E-state index in [1.54, 1.807) is 18.2 Å². The fourth-order valence-corrected chi connectivity index (χ4v) is 8.22. The number of nitrogens with zero attached hydrogens (tertiary/aromatic N) is 2. The Morgan fingerprint density at radius 1 is 0.964 bits per heavy atom. The van der Waals surface area contributed by atoms with Crippen LogP contribution in [0.2, 0.25) is 0 Å². The molecule has 5 atom stereocenters. The number of ether oxygens (including phenoxy) is 4. The summed E-state index contributed by atoms with van der Waals surface area (Å²) < 4.78 is 24.0. The fraction of sp³-hybridized carbons (Fsp3) is 0.250. The summed E-state index contributed by atoms with van der Waals surface area (Å²) in [4.78, 5) is 65.6. The first-order valence-electron chi connectivity index (χ1n) is 16.3. The number of hydrogen-bond acceptors (Lipinski definition) is 15. The number of aromatic carboxylic acids is 1. The number of rotatable bonds is 11. The van der Waals surface area contributed by atoms with Gasteiger partial charge in [0.15, 0.2) is 21.9 Å². The number of carbonyl (C=O) groups excluding carboxylic acids is 4. The van der Waals surface area contributed by atoms with E-state index in [-0.39, 0.29) is 43.5 Å². The predicted molar refractivity (Wildman–Crippen MR) is 210 cm³/mol. The molecule has 3 aliphatic heterocycles. The van der Waals surface area contributed by atoms with Gasteiger partial charge < -0.3 is 39.6 Å². The van der Waals surface area contributed by atoms with Crippen LogP contribution in [0.1, 0.15) is 33.2 Å². The van der Waals surface area contributed by atoms with Crippen LogP contribution in [0.5, 0.6) is 11.5 Å². The number of methoxy groups -OCH3 is 1. The molecule has 3 saturated heterocycles. The zero-order valence-corrected chi connectivity index (χ0v) is 32.0. The molecule has 3 heterocycles. The standard InChI is InChI=1S/C36H31N3O12S4/c1-17(41)37-28-30(51-33(47)20-6-10-21(11-7-20)38-27(42)16-54-35(38)52)29(43)25(15-40)50-34(28)49-23-12-3-18(13-24(23)48-2)14-26-31(44)39(36(53)55-26)22-8-4-19(5-9-22)32(45)46/h3-14,25,28-30,34,40,43H,15-16H2,1-2H3,(H,37,41)(H,45,46)/t25-,28-,29-,30-,34-/m1/s1. The van der Waals surface area contributed by atoms with Gasteiger partial charge in [0.25, 0.3) is 5.91 Å². The lowest BCUT2D eigenvalue weighted by Gasteiger charge is -2.43. The van der Waals surface area contributed by atoms with E-state index in [0.29, 0.717) is 21.3 Å². The molecule has 3 aliphatic rings. The van der Waals surface area contributed by atoms with E-state index in [2.05, 4.69) is 5.32 Å². The van der Waals surface area contributed by atoms with E-state index in [0.717, 1.165) is 11.8 Å². The van der Waals surface area contributed by atoms with Crippen LogP contribution in [0.4, 0.5) is 11.4 Å². The quantitative estimate of drug-likeness (QED) is 0.125. The van der Waals surface area contributed by atoms with Gasteiger partial charge in [0.05, 0.1) is 46.9 Å². The maximum absolute atomic E-state index is 13.4. The molecule has 0 saturated carbocycles. The van der Waals surface area contributed by atoms with E-state index in [1.165, 1.54) is 90.2 Å². The summed E-state index contributed by atoms with van der Waals surface area (Å²) in [5, 5.41) is 33.1. The highest BCUT2D eigenvalue weighted by atomic mass is 32.2. The van der Waals surface area contributed by atoms with Gasteiger partial charge >= 0.3 is 11.9 Å². The smallest absolute Gasteiger partial charge is 0.338 e. The maximum atomic E-state index is 13.4. The second-order valence-corrected chi connectivity index (χ2v) is 15.3. The minimum Gasteiger partial charge on any atom is -0.493 e. The second-order valence-electron chi connectivity index (χ2n) is 12.0. The number of aliphatic hydroxyl groups is 2. The second kappa shape index (κ2) is 16.9. The number of esters is 1. The molecule has 286 valence electrons. The van der Waals surface area contributed by atoms with Gasteiger partial charge in [-0.25, -0.2) is 9.59 Å². The summed E-state index contributed by atoms with van der Waals surface area (Å²) >= 11 is 13.0. The van der Waals surface area contributed by atoms with Crippen LogP contribution in [0.3, 0.4) is 0 Å². The minimum absolute atomic E-state index is 0.0605. The molecule has 0 aromatic heterocycles. The molecule has 0 unspecified atom stereocenters. The Morgan fingerprint density at radius 2 is 1.62 bits per heavy atom. The maximum Gasteiger partial charge on any atom is 0.338 e. The number of thiocarbonyl (C=S) groups is 2. The van der Waals surface area contributed by atoms with E-state index in [4.69, 9.17) is 43.4 Å². The zero-order valence-electron chi connectivity index (χ0n) is 28.8. The average Bonchev–Trinajstić information content (AvgIpc) is 3.65.